The fourth-order valence-electron chi connectivity index (χ4n) is 2.43. The molecule has 0 radical (unpaired) electrons. The molecule has 1 aliphatic rings. The Kier molecular flexibility index (Phi) is 2.87. The van der Waals surface area contributed by atoms with Gasteiger partial charge in [0.2, 0.25) is 0 Å². The van der Waals surface area contributed by atoms with Crippen molar-refractivity contribution < 1.29 is 10.0 Å². The van der Waals surface area contributed by atoms with Crippen LogP contribution in [0.25, 0.3) is 10.2 Å². The molecule has 0 bridgehead atoms. The Labute approximate surface area is 113 Å². The maximum absolute atomic E-state index is 11.2. The van der Waals surface area contributed by atoms with Crippen LogP contribution in [0.4, 0.5) is 11.4 Å². The molecule has 0 saturated carbocycles. The molecule has 7 heteroatoms. The molecule has 1 saturated heterocycles. The van der Waals surface area contributed by atoms with Gasteiger partial charge in [-0.2, -0.15) is 0 Å². The SMILES string of the molecule is Cc1nc2cc(N3CCC(O)C3)c([N+](=O)[O-])cc2s1. The van der Waals surface area contributed by atoms with Crippen LogP contribution in [0.3, 0.4) is 0 Å². The van der Waals surface area contributed by atoms with E-state index >= 15 is 0 Å². The Bertz CT molecular complexity index is 655. The lowest BCUT2D eigenvalue weighted by atomic mass is 10.2. The minimum atomic E-state index is -0.410. The third kappa shape index (κ3) is 2.15. The number of nitrogens with zero attached hydrogens (tertiary/aromatic N) is 3. The van der Waals surface area contributed by atoms with E-state index < -0.39 is 6.10 Å². The molecule has 2 aromatic rings. The topological polar surface area (TPSA) is 79.5 Å². The Morgan fingerprint density at radius 1 is 1.58 bits per heavy atom. The Balaban J connectivity index is 2.14. The van der Waals surface area contributed by atoms with Crippen molar-refractivity contribution in [3.63, 3.8) is 0 Å². The standard InChI is InChI=1S/C12H13N3O3S/c1-7-13-9-4-10(14-3-2-8(16)6-14)11(15(17)18)5-12(9)19-7/h4-5,8,16H,2-3,6H2,1H3. The molecule has 3 rings (SSSR count). The number of hydrogen-bond acceptors (Lipinski definition) is 6. The molecule has 1 unspecified atom stereocenters. The number of nitro benzene ring substituents is 1. The second kappa shape index (κ2) is 4.43. The lowest BCUT2D eigenvalue weighted by molar-refractivity contribution is -0.384. The molecule has 1 fully saturated rings. The van der Waals surface area contributed by atoms with Gasteiger partial charge in [-0.25, -0.2) is 4.98 Å². The monoisotopic (exact) mass is 279 g/mol. The summed E-state index contributed by atoms with van der Waals surface area (Å²) in [6.45, 7) is 2.96. The first-order valence-corrected chi connectivity index (χ1v) is 6.85. The minimum Gasteiger partial charge on any atom is -0.391 e. The summed E-state index contributed by atoms with van der Waals surface area (Å²) in [6, 6.07) is 3.34. The minimum absolute atomic E-state index is 0.0882. The second-order valence-corrected chi connectivity index (χ2v) is 5.92. The van der Waals surface area contributed by atoms with Crippen LogP contribution in [-0.2, 0) is 0 Å². The average Bonchev–Trinajstić information content (AvgIpc) is 2.91. The van der Waals surface area contributed by atoms with Crippen molar-refractivity contribution in [3.8, 4) is 0 Å². The van der Waals surface area contributed by atoms with Crippen LogP contribution < -0.4 is 4.90 Å². The van der Waals surface area contributed by atoms with Gasteiger partial charge in [-0.1, -0.05) is 0 Å². The summed E-state index contributed by atoms with van der Waals surface area (Å²) in [4.78, 5) is 17.1. The van der Waals surface area contributed by atoms with Gasteiger partial charge < -0.3 is 10.0 Å². The molecule has 100 valence electrons. The normalized spacial score (nSPS) is 19.3. The van der Waals surface area contributed by atoms with Crippen molar-refractivity contribution in [3.05, 3.63) is 27.3 Å². The number of fused-ring (bicyclic) bond motifs is 1. The molecular weight excluding hydrogens is 266 g/mol. The second-order valence-electron chi connectivity index (χ2n) is 4.69. The van der Waals surface area contributed by atoms with E-state index in [0.29, 0.717) is 25.2 Å². The van der Waals surface area contributed by atoms with Gasteiger partial charge in [0.25, 0.3) is 5.69 Å². The highest BCUT2D eigenvalue weighted by Crippen LogP contribution is 2.36. The highest BCUT2D eigenvalue weighted by Gasteiger charge is 2.27. The number of β-amino-alcohol motifs (C(OH)–C–C–N with tert-alkyl or cyclic N) is 1. The van der Waals surface area contributed by atoms with Crippen molar-refractivity contribution in [2.24, 2.45) is 0 Å². The number of aryl methyl sites for hydroxylation is 1. The van der Waals surface area contributed by atoms with Crippen molar-refractivity contribution in [2.45, 2.75) is 19.4 Å². The molecular formula is C12H13N3O3S. The van der Waals surface area contributed by atoms with Crippen LogP contribution >= 0.6 is 11.3 Å². The first-order chi connectivity index (χ1) is 9.04. The van der Waals surface area contributed by atoms with Gasteiger partial charge in [-0.15, -0.1) is 11.3 Å². The van der Waals surface area contributed by atoms with Gasteiger partial charge in [-0.05, 0) is 19.4 Å². The number of aliphatic hydroxyl groups excluding tert-OH is 1. The van der Waals surface area contributed by atoms with Crippen LogP contribution in [0.2, 0.25) is 0 Å². The van der Waals surface area contributed by atoms with E-state index in [0.717, 1.165) is 15.2 Å². The van der Waals surface area contributed by atoms with Crippen LogP contribution in [0.5, 0.6) is 0 Å². The van der Waals surface area contributed by atoms with Gasteiger partial charge in [0, 0.05) is 19.2 Å². The molecule has 1 aromatic heterocycles. The number of rotatable bonds is 2. The van der Waals surface area contributed by atoms with E-state index in [2.05, 4.69) is 4.98 Å². The zero-order valence-corrected chi connectivity index (χ0v) is 11.2. The maximum atomic E-state index is 11.2. The number of hydrogen-bond donors (Lipinski definition) is 1. The molecule has 1 atom stereocenters. The van der Waals surface area contributed by atoms with E-state index in [1.165, 1.54) is 11.3 Å². The molecule has 0 aliphatic carbocycles. The van der Waals surface area contributed by atoms with E-state index in [-0.39, 0.29) is 10.6 Å². The molecule has 1 N–H and O–H groups in total. The lowest BCUT2D eigenvalue weighted by Gasteiger charge is -2.17. The Morgan fingerprint density at radius 3 is 3.00 bits per heavy atom. The molecule has 0 amide bonds. The number of aromatic nitrogens is 1. The predicted octanol–water partition coefficient (Wildman–Crippen LogP) is 2.08. The van der Waals surface area contributed by atoms with E-state index in [1.54, 1.807) is 12.1 Å². The fraction of sp³-hybridized carbons (Fsp3) is 0.417. The molecule has 1 aromatic carbocycles. The lowest BCUT2D eigenvalue weighted by Crippen LogP contribution is -2.22. The molecule has 19 heavy (non-hydrogen) atoms. The van der Waals surface area contributed by atoms with Crippen LogP contribution in [0.15, 0.2) is 12.1 Å². The smallest absolute Gasteiger partial charge is 0.294 e. The summed E-state index contributed by atoms with van der Waals surface area (Å²) in [7, 11) is 0. The summed E-state index contributed by atoms with van der Waals surface area (Å²) in [6.07, 6.45) is 0.234. The first-order valence-electron chi connectivity index (χ1n) is 6.03. The van der Waals surface area contributed by atoms with Crippen LogP contribution in [-0.4, -0.2) is 34.2 Å². The summed E-state index contributed by atoms with van der Waals surface area (Å²) in [5.41, 5.74) is 1.43. The first kappa shape index (κ1) is 12.3. The number of aliphatic hydroxyl groups is 1. The number of anilines is 1. The van der Waals surface area contributed by atoms with Gasteiger partial charge in [-0.3, -0.25) is 10.1 Å². The maximum Gasteiger partial charge on any atom is 0.294 e. The summed E-state index contributed by atoms with van der Waals surface area (Å²) in [5, 5.41) is 21.7. The summed E-state index contributed by atoms with van der Waals surface area (Å²) in [5.74, 6) is 0. The quantitative estimate of drug-likeness (QED) is 0.672. The average molecular weight is 279 g/mol. The van der Waals surface area contributed by atoms with Crippen LogP contribution in [0, 0.1) is 17.0 Å². The van der Waals surface area contributed by atoms with E-state index in [9.17, 15) is 15.2 Å². The largest absolute Gasteiger partial charge is 0.391 e. The number of thiazole rings is 1. The van der Waals surface area contributed by atoms with Crippen molar-refractivity contribution >= 4 is 32.9 Å². The Morgan fingerprint density at radius 2 is 2.37 bits per heavy atom. The van der Waals surface area contributed by atoms with Crippen LogP contribution in [0.1, 0.15) is 11.4 Å². The third-order valence-corrected chi connectivity index (χ3v) is 4.23. The summed E-state index contributed by atoms with van der Waals surface area (Å²) < 4.78 is 0.827. The Hall–Kier alpha value is -1.73. The van der Waals surface area contributed by atoms with Crippen molar-refractivity contribution in [1.29, 1.82) is 0 Å². The highest BCUT2D eigenvalue weighted by atomic mass is 32.1. The third-order valence-electron chi connectivity index (χ3n) is 3.29. The van der Waals surface area contributed by atoms with Crippen molar-refractivity contribution in [1.82, 2.24) is 4.98 Å². The van der Waals surface area contributed by atoms with E-state index in [4.69, 9.17) is 0 Å². The molecule has 1 aliphatic heterocycles. The van der Waals surface area contributed by atoms with Crippen molar-refractivity contribution in [2.75, 3.05) is 18.0 Å². The highest BCUT2D eigenvalue weighted by molar-refractivity contribution is 7.18. The van der Waals surface area contributed by atoms with Gasteiger partial charge >= 0.3 is 0 Å². The van der Waals surface area contributed by atoms with Gasteiger partial charge in [0.05, 0.1) is 26.3 Å². The molecule has 6 nitrogen and oxygen atoms in total. The zero-order chi connectivity index (χ0) is 13.6. The van der Waals surface area contributed by atoms with Gasteiger partial charge in [0.15, 0.2) is 0 Å². The van der Waals surface area contributed by atoms with Gasteiger partial charge in [0.1, 0.15) is 5.69 Å². The predicted molar refractivity (Wildman–Crippen MR) is 73.8 cm³/mol. The molecule has 0 spiro atoms. The fourth-order valence-corrected chi connectivity index (χ4v) is 3.27. The van der Waals surface area contributed by atoms with E-state index in [1.807, 2.05) is 11.8 Å². The summed E-state index contributed by atoms with van der Waals surface area (Å²) >= 11 is 1.45. The number of nitro groups is 1. The molecule has 2 heterocycles. The number of benzene rings is 1. The zero-order valence-electron chi connectivity index (χ0n) is 10.4.